The third-order valence-corrected chi connectivity index (χ3v) is 3.73. The quantitative estimate of drug-likeness (QED) is 0.566. The van der Waals surface area contributed by atoms with Gasteiger partial charge in [0.05, 0.1) is 17.3 Å². The molecular weight excluding hydrogens is 330 g/mol. The van der Waals surface area contributed by atoms with E-state index in [-0.39, 0.29) is 5.75 Å². The highest BCUT2D eigenvalue weighted by molar-refractivity contribution is 7.11. The molecule has 2 nitrogen and oxygen atoms in total. The van der Waals surface area contributed by atoms with Crippen molar-refractivity contribution in [1.29, 1.82) is 0 Å². The number of alkyl halides is 3. The van der Waals surface area contributed by atoms with Gasteiger partial charge in [-0.05, 0) is 29.8 Å². The number of aromatic nitrogens is 1. The average molecular weight is 339 g/mol. The van der Waals surface area contributed by atoms with Gasteiger partial charge in [0.15, 0.2) is 0 Å². The van der Waals surface area contributed by atoms with Gasteiger partial charge in [0, 0.05) is 5.56 Å². The Labute approximate surface area is 133 Å². The molecule has 0 spiro atoms. The summed E-state index contributed by atoms with van der Waals surface area (Å²) in [5, 5.41) is 0.368. The lowest BCUT2D eigenvalue weighted by Crippen LogP contribution is -2.05. The molecule has 118 valence electrons. The van der Waals surface area contributed by atoms with Gasteiger partial charge in [-0.1, -0.05) is 29.5 Å². The first-order valence-corrected chi connectivity index (χ1v) is 7.35. The van der Waals surface area contributed by atoms with Crippen LogP contribution in [0, 0.1) is 5.82 Å². The predicted molar refractivity (Wildman–Crippen MR) is 79.0 cm³/mol. The van der Waals surface area contributed by atoms with Crippen molar-refractivity contribution in [2.45, 2.75) is 6.18 Å². The molecule has 0 bridgehead atoms. The summed E-state index contributed by atoms with van der Waals surface area (Å²) in [5.41, 5.74) is 1.69. The second-order valence-electron chi connectivity index (χ2n) is 4.64. The second kappa shape index (κ2) is 6.00. The van der Waals surface area contributed by atoms with Crippen molar-refractivity contribution >= 4 is 11.3 Å². The monoisotopic (exact) mass is 339 g/mol. The van der Waals surface area contributed by atoms with Gasteiger partial charge in [-0.25, -0.2) is 9.37 Å². The molecule has 0 aliphatic rings. The Balaban J connectivity index is 2.08. The highest BCUT2D eigenvalue weighted by Gasteiger charge is 2.31. The van der Waals surface area contributed by atoms with E-state index < -0.39 is 17.6 Å². The summed E-state index contributed by atoms with van der Waals surface area (Å²) in [6, 6.07) is 8.66. The molecular formula is C16H9F4NOS. The van der Waals surface area contributed by atoms with Crippen LogP contribution in [0.4, 0.5) is 17.6 Å². The lowest BCUT2D eigenvalue weighted by atomic mass is 10.0. The molecule has 0 amide bonds. The van der Waals surface area contributed by atoms with E-state index in [2.05, 4.69) is 4.98 Å². The van der Waals surface area contributed by atoms with Crippen LogP contribution in [0.2, 0.25) is 0 Å². The van der Waals surface area contributed by atoms with Crippen molar-refractivity contribution in [1.82, 2.24) is 4.98 Å². The average Bonchev–Trinajstić information content (AvgIpc) is 3.00. The highest BCUT2D eigenvalue weighted by atomic mass is 32.1. The molecule has 3 aromatic rings. The Morgan fingerprint density at radius 1 is 1.00 bits per heavy atom. The molecule has 0 radical (unpaired) electrons. The van der Waals surface area contributed by atoms with E-state index in [0.29, 0.717) is 16.2 Å². The van der Waals surface area contributed by atoms with Crippen LogP contribution < -0.4 is 4.74 Å². The van der Waals surface area contributed by atoms with Crippen LogP contribution in [0.15, 0.2) is 54.2 Å². The van der Waals surface area contributed by atoms with Gasteiger partial charge in [-0.3, -0.25) is 0 Å². The topological polar surface area (TPSA) is 22.1 Å². The van der Waals surface area contributed by atoms with Crippen molar-refractivity contribution in [3.63, 3.8) is 0 Å². The number of hydrogen-bond donors (Lipinski definition) is 0. The van der Waals surface area contributed by atoms with E-state index in [1.165, 1.54) is 42.0 Å². The molecule has 3 rings (SSSR count). The smallest absolute Gasteiger partial charge is 0.416 e. The van der Waals surface area contributed by atoms with E-state index in [1.807, 2.05) is 0 Å². The molecule has 23 heavy (non-hydrogen) atoms. The first kappa shape index (κ1) is 15.5. The summed E-state index contributed by atoms with van der Waals surface area (Å²) in [6.45, 7) is 0. The summed E-state index contributed by atoms with van der Waals surface area (Å²) in [7, 11) is 0. The number of rotatable bonds is 3. The van der Waals surface area contributed by atoms with Gasteiger partial charge in [0.25, 0.3) is 0 Å². The summed E-state index contributed by atoms with van der Waals surface area (Å²) >= 11 is 1.16. The summed E-state index contributed by atoms with van der Waals surface area (Å²) < 4.78 is 57.3. The Morgan fingerprint density at radius 2 is 1.74 bits per heavy atom. The number of nitrogens with zero attached hydrogens (tertiary/aromatic N) is 1. The van der Waals surface area contributed by atoms with Crippen LogP contribution in [0.5, 0.6) is 10.8 Å². The van der Waals surface area contributed by atoms with E-state index in [9.17, 15) is 17.6 Å². The van der Waals surface area contributed by atoms with Crippen LogP contribution in [-0.2, 0) is 6.18 Å². The van der Waals surface area contributed by atoms with Gasteiger partial charge in [-0.2, -0.15) is 13.2 Å². The predicted octanol–water partition coefficient (Wildman–Crippen LogP) is 5.76. The van der Waals surface area contributed by atoms with Crippen LogP contribution in [-0.4, -0.2) is 4.98 Å². The van der Waals surface area contributed by atoms with E-state index in [0.717, 1.165) is 23.5 Å². The minimum Gasteiger partial charge on any atom is -0.444 e. The maximum Gasteiger partial charge on any atom is 0.416 e. The Kier molecular flexibility index (Phi) is 4.04. The third kappa shape index (κ3) is 3.50. The van der Waals surface area contributed by atoms with Crippen molar-refractivity contribution in [3.8, 4) is 21.9 Å². The second-order valence-corrected chi connectivity index (χ2v) is 5.49. The molecule has 0 saturated carbocycles. The van der Waals surface area contributed by atoms with Crippen LogP contribution in [0.1, 0.15) is 5.56 Å². The largest absolute Gasteiger partial charge is 0.444 e. The number of ether oxygens (including phenoxy) is 1. The lowest BCUT2D eigenvalue weighted by molar-refractivity contribution is -0.137. The minimum atomic E-state index is -4.48. The van der Waals surface area contributed by atoms with Gasteiger partial charge in [-0.15, -0.1) is 0 Å². The lowest BCUT2D eigenvalue weighted by Gasteiger charge is -2.13. The van der Waals surface area contributed by atoms with Gasteiger partial charge in [0.2, 0.25) is 5.06 Å². The highest BCUT2D eigenvalue weighted by Crippen LogP contribution is 2.39. The Bertz CT molecular complexity index is 798. The molecule has 0 N–H and O–H groups in total. The van der Waals surface area contributed by atoms with Crippen molar-refractivity contribution < 1.29 is 22.3 Å². The molecule has 0 saturated heterocycles. The fraction of sp³-hybridized carbons (Fsp3) is 0.0625. The van der Waals surface area contributed by atoms with Crippen molar-refractivity contribution in [2.24, 2.45) is 0 Å². The van der Waals surface area contributed by atoms with Crippen LogP contribution in [0.3, 0.4) is 0 Å². The number of halogens is 4. The number of thiazole rings is 1. The Hall–Kier alpha value is -2.41. The molecule has 0 aliphatic heterocycles. The molecule has 7 heteroatoms. The first-order valence-electron chi connectivity index (χ1n) is 6.47. The zero-order valence-corrected chi connectivity index (χ0v) is 12.3. The molecule has 1 heterocycles. The SMILES string of the molecule is Fc1ccc(-c2ccc(C(F)(F)F)cc2Oc2cncs2)cc1. The fourth-order valence-corrected chi connectivity index (χ4v) is 2.50. The molecule has 0 aliphatic carbocycles. The fourth-order valence-electron chi connectivity index (χ4n) is 2.01. The Morgan fingerprint density at radius 3 is 2.35 bits per heavy atom. The van der Waals surface area contributed by atoms with E-state index >= 15 is 0 Å². The molecule has 0 fully saturated rings. The minimum absolute atomic E-state index is 0.0377. The van der Waals surface area contributed by atoms with Gasteiger partial charge < -0.3 is 4.74 Å². The van der Waals surface area contributed by atoms with Gasteiger partial charge in [0.1, 0.15) is 11.6 Å². The zero-order valence-electron chi connectivity index (χ0n) is 11.5. The summed E-state index contributed by atoms with van der Waals surface area (Å²) in [6.07, 6.45) is -3.06. The van der Waals surface area contributed by atoms with Gasteiger partial charge >= 0.3 is 6.18 Å². The summed E-state index contributed by atoms with van der Waals surface area (Å²) in [4.78, 5) is 3.83. The molecule has 0 atom stereocenters. The maximum absolute atomic E-state index is 13.0. The number of hydrogen-bond acceptors (Lipinski definition) is 3. The van der Waals surface area contributed by atoms with Crippen LogP contribution in [0.25, 0.3) is 11.1 Å². The standard InChI is InChI=1S/C16H9F4NOS/c17-12-4-1-10(2-5-12)13-6-3-11(16(18,19)20)7-14(13)22-15-8-21-9-23-15/h1-9H. The van der Waals surface area contributed by atoms with Crippen molar-refractivity contribution in [3.05, 3.63) is 65.6 Å². The summed E-state index contributed by atoms with van der Waals surface area (Å²) in [5.74, 6) is -0.388. The molecule has 1 aromatic heterocycles. The number of benzene rings is 2. The molecule has 0 unspecified atom stereocenters. The zero-order chi connectivity index (χ0) is 16.4. The molecule has 2 aromatic carbocycles. The van der Waals surface area contributed by atoms with E-state index in [1.54, 1.807) is 0 Å². The first-order chi connectivity index (χ1) is 10.9. The van der Waals surface area contributed by atoms with Crippen molar-refractivity contribution in [2.75, 3.05) is 0 Å². The normalized spacial score (nSPS) is 11.5. The maximum atomic E-state index is 13.0. The van der Waals surface area contributed by atoms with Crippen LogP contribution >= 0.6 is 11.3 Å². The van der Waals surface area contributed by atoms with E-state index in [4.69, 9.17) is 4.74 Å². The third-order valence-electron chi connectivity index (χ3n) is 3.08.